The van der Waals surface area contributed by atoms with Gasteiger partial charge in [-0.1, -0.05) is 23.1 Å². The Morgan fingerprint density at radius 1 is 1.26 bits per heavy atom. The molecule has 2 fully saturated rings. The van der Waals surface area contributed by atoms with Crippen LogP contribution in [-0.2, 0) is 21.1 Å². The Kier molecular flexibility index (Phi) is 5.02. The fraction of sp³-hybridized carbons (Fsp3) is 0.500. The maximum atomic E-state index is 12.3. The molecule has 27 heavy (non-hydrogen) atoms. The van der Waals surface area contributed by atoms with E-state index in [1.165, 1.54) is 6.26 Å². The van der Waals surface area contributed by atoms with Crippen molar-refractivity contribution in [1.82, 2.24) is 15.0 Å². The van der Waals surface area contributed by atoms with Crippen molar-refractivity contribution in [3.8, 4) is 23.1 Å². The number of ether oxygens (including phenoxy) is 1. The van der Waals surface area contributed by atoms with Crippen LogP contribution in [0.4, 0.5) is 0 Å². The smallest absolute Gasteiger partial charge is 0.176 e. The van der Waals surface area contributed by atoms with Gasteiger partial charge in [0.15, 0.2) is 9.84 Å². The summed E-state index contributed by atoms with van der Waals surface area (Å²) in [7, 11) is -3.41. The average Bonchev–Trinajstić information content (AvgIpc) is 3.37. The van der Waals surface area contributed by atoms with E-state index in [2.05, 4.69) is 22.2 Å². The maximum absolute atomic E-state index is 12.3. The molecule has 142 valence electrons. The van der Waals surface area contributed by atoms with Crippen molar-refractivity contribution in [2.24, 2.45) is 5.92 Å². The van der Waals surface area contributed by atoms with E-state index in [0.29, 0.717) is 29.3 Å². The summed E-state index contributed by atoms with van der Waals surface area (Å²) in [6, 6.07) is 5.27. The summed E-state index contributed by atoms with van der Waals surface area (Å²) >= 11 is 0. The van der Waals surface area contributed by atoms with E-state index in [1.54, 1.807) is 23.0 Å². The van der Waals surface area contributed by atoms with E-state index in [4.69, 9.17) is 4.74 Å². The van der Waals surface area contributed by atoms with Crippen LogP contribution in [0.2, 0.25) is 0 Å². The first-order valence-electron chi connectivity index (χ1n) is 9.37. The van der Waals surface area contributed by atoms with Crippen LogP contribution >= 0.6 is 0 Å². The second-order valence-corrected chi connectivity index (χ2v) is 9.33. The SMILES string of the molecule is CS(=O)(=O)c1cc(C#CC2CC2)ccc1-c1cn(CC2CCCCO2)nn1. The quantitative estimate of drug-likeness (QED) is 0.757. The van der Waals surface area contributed by atoms with Crippen molar-refractivity contribution < 1.29 is 13.2 Å². The Balaban J connectivity index is 1.61. The van der Waals surface area contributed by atoms with Crippen LogP contribution in [0, 0.1) is 17.8 Å². The lowest BCUT2D eigenvalue weighted by Crippen LogP contribution is -2.24. The Morgan fingerprint density at radius 2 is 2.11 bits per heavy atom. The molecule has 1 atom stereocenters. The predicted molar refractivity (Wildman–Crippen MR) is 102 cm³/mol. The van der Waals surface area contributed by atoms with Crippen molar-refractivity contribution in [3.63, 3.8) is 0 Å². The first-order chi connectivity index (χ1) is 13.0. The summed E-state index contributed by atoms with van der Waals surface area (Å²) in [5.41, 5.74) is 1.83. The molecule has 2 aromatic rings. The molecule has 0 radical (unpaired) electrons. The van der Waals surface area contributed by atoms with Crippen molar-refractivity contribution in [3.05, 3.63) is 30.0 Å². The van der Waals surface area contributed by atoms with Gasteiger partial charge in [-0.05, 0) is 44.2 Å². The van der Waals surface area contributed by atoms with E-state index in [-0.39, 0.29) is 11.0 Å². The van der Waals surface area contributed by atoms with Crippen LogP contribution in [0.15, 0.2) is 29.3 Å². The summed E-state index contributed by atoms with van der Waals surface area (Å²) in [5, 5.41) is 8.36. The Morgan fingerprint density at radius 3 is 2.81 bits per heavy atom. The van der Waals surface area contributed by atoms with E-state index in [0.717, 1.165) is 38.7 Å². The van der Waals surface area contributed by atoms with E-state index in [1.807, 2.05) is 6.07 Å². The monoisotopic (exact) mass is 385 g/mol. The third-order valence-electron chi connectivity index (χ3n) is 4.86. The molecule has 2 aliphatic rings. The van der Waals surface area contributed by atoms with Crippen molar-refractivity contribution in [2.75, 3.05) is 12.9 Å². The number of nitrogens with zero attached hydrogens (tertiary/aromatic N) is 3. The van der Waals surface area contributed by atoms with Crippen LogP contribution in [-0.4, -0.2) is 42.4 Å². The van der Waals surface area contributed by atoms with E-state index < -0.39 is 9.84 Å². The van der Waals surface area contributed by atoms with Gasteiger partial charge in [0, 0.05) is 29.9 Å². The molecule has 1 saturated heterocycles. The third kappa shape index (κ3) is 4.57. The summed E-state index contributed by atoms with van der Waals surface area (Å²) in [4.78, 5) is 0.242. The Labute approximate surface area is 159 Å². The van der Waals surface area contributed by atoms with Gasteiger partial charge in [-0.2, -0.15) is 0 Å². The first kappa shape index (κ1) is 18.2. The predicted octanol–water partition coefficient (Wildman–Crippen LogP) is 2.68. The van der Waals surface area contributed by atoms with Gasteiger partial charge >= 0.3 is 0 Å². The number of rotatable bonds is 4. The van der Waals surface area contributed by atoms with E-state index >= 15 is 0 Å². The minimum atomic E-state index is -3.41. The number of hydrogen-bond acceptors (Lipinski definition) is 5. The summed E-state index contributed by atoms with van der Waals surface area (Å²) in [6.07, 6.45) is 8.69. The van der Waals surface area contributed by atoms with Gasteiger partial charge < -0.3 is 4.74 Å². The Bertz CT molecular complexity index is 991. The van der Waals surface area contributed by atoms with Gasteiger partial charge in [-0.3, -0.25) is 0 Å². The lowest BCUT2D eigenvalue weighted by atomic mass is 10.1. The molecule has 0 bridgehead atoms. The van der Waals surface area contributed by atoms with Gasteiger partial charge in [0.05, 0.1) is 23.7 Å². The molecule has 2 heterocycles. The number of benzene rings is 1. The lowest BCUT2D eigenvalue weighted by molar-refractivity contribution is 0.00370. The fourth-order valence-electron chi connectivity index (χ4n) is 3.20. The molecule has 0 amide bonds. The van der Waals surface area contributed by atoms with Crippen LogP contribution in [0.25, 0.3) is 11.3 Å². The molecule has 1 aromatic carbocycles. The Hall–Kier alpha value is -2.17. The first-order valence-corrected chi connectivity index (χ1v) is 11.3. The van der Waals surface area contributed by atoms with Crippen molar-refractivity contribution >= 4 is 9.84 Å². The second-order valence-electron chi connectivity index (χ2n) is 7.34. The van der Waals surface area contributed by atoms with Gasteiger partial charge in [-0.25, -0.2) is 13.1 Å². The van der Waals surface area contributed by atoms with Crippen LogP contribution in [0.3, 0.4) is 0 Å². The largest absolute Gasteiger partial charge is 0.376 e. The van der Waals surface area contributed by atoms with Gasteiger partial charge in [0.2, 0.25) is 0 Å². The molecule has 4 rings (SSSR count). The highest BCUT2D eigenvalue weighted by molar-refractivity contribution is 7.90. The minimum Gasteiger partial charge on any atom is -0.376 e. The number of hydrogen-bond donors (Lipinski definition) is 0. The van der Waals surface area contributed by atoms with Crippen molar-refractivity contribution in [2.45, 2.75) is 49.6 Å². The molecule has 0 N–H and O–H groups in total. The standard InChI is InChI=1S/C20H23N3O3S/c1-27(24,25)20-12-16(8-7-15-5-6-15)9-10-18(20)19-14-23(22-21-19)13-17-4-2-3-11-26-17/h9-10,12,14-15,17H,2-6,11,13H2,1H3. The molecule has 1 saturated carbocycles. The fourth-order valence-corrected chi connectivity index (χ4v) is 4.12. The second kappa shape index (κ2) is 7.45. The van der Waals surface area contributed by atoms with Crippen LogP contribution in [0.5, 0.6) is 0 Å². The number of sulfone groups is 1. The molecule has 0 spiro atoms. The maximum Gasteiger partial charge on any atom is 0.176 e. The molecule has 1 aromatic heterocycles. The van der Waals surface area contributed by atoms with Crippen LogP contribution in [0.1, 0.15) is 37.7 Å². The van der Waals surface area contributed by atoms with Gasteiger partial charge in [-0.15, -0.1) is 5.10 Å². The molecule has 1 unspecified atom stereocenters. The molecule has 1 aliphatic heterocycles. The van der Waals surface area contributed by atoms with Crippen LogP contribution < -0.4 is 0 Å². The zero-order valence-corrected chi connectivity index (χ0v) is 16.2. The molecule has 6 nitrogen and oxygen atoms in total. The molecule has 1 aliphatic carbocycles. The zero-order chi connectivity index (χ0) is 18.9. The lowest BCUT2D eigenvalue weighted by Gasteiger charge is -2.21. The normalized spacial score (nSPS) is 20.1. The van der Waals surface area contributed by atoms with Gasteiger partial charge in [0.25, 0.3) is 0 Å². The summed E-state index contributed by atoms with van der Waals surface area (Å²) in [6.45, 7) is 1.42. The highest BCUT2D eigenvalue weighted by Gasteiger charge is 2.20. The topological polar surface area (TPSA) is 74.1 Å². The summed E-state index contributed by atoms with van der Waals surface area (Å²) in [5.74, 6) is 6.72. The molecule has 7 heteroatoms. The van der Waals surface area contributed by atoms with Gasteiger partial charge in [0.1, 0.15) is 5.69 Å². The highest BCUT2D eigenvalue weighted by atomic mass is 32.2. The number of aromatic nitrogens is 3. The van der Waals surface area contributed by atoms with E-state index in [9.17, 15) is 8.42 Å². The summed E-state index contributed by atoms with van der Waals surface area (Å²) < 4.78 is 32.1. The molecular formula is C20H23N3O3S. The average molecular weight is 385 g/mol. The zero-order valence-electron chi connectivity index (χ0n) is 15.4. The highest BCUT2D eigenvalue weighted by Crippen LogP contribution is 2.29. The minimum absolute atomic E-state index is 0.141. The third-order valence-corrected chi connectivity index (χ3v) is 6.00. The molecular weight excluding hydrogens is 362 g/mol. The van der Waals surface area contributed by atoms with Crippen molar-refractivity contribution in [1.29, 1.82) is 0 Å².